The Balaban J connectivity index is 1.52. The summed E-state index contributed by atoms with van der Waals surface area (Å²) >= 11 is 0. The van der Waals surface area contributed by atoms with Crippen LogP contribution < -0.4 is 11.1 Å². The van der Waals surface area contributed by atoms with E-state index in [-0.39, 0.29) is 5.91 Å². The molecule has 0 saturated heterocycles. The van der Waals surface area contributed by atoms with Crippen LogP contribution in [0, 0.1) is 0 Å². The molecule has 39 heavy (non-hydrogen) atoms. The molecule has 4 N–H and O–H groups in total. The van der Waals surface area contributed by atoms with E-state index in [1.807, 2.05) is 24.4 Å². The first-order valence-electron chi connectivity index (χ1n) is 13.7. The highest BCUT2D eigenvalue weighted by Crippen LogP contribution is 2.25. The summed E-state index contributed by atoms with van der Waals surface area (Å²) in [5.74, 6) is 1.41. The van der Waals surface area contributed by atoms with Crippen LogP contribution in [-0.4, -0.2) is 31.7 Å². The molecule has 0 spiro atoms. The number of aromatic amines is 1. The van der Waals surface area contributed by atoms with Crippen molar-refractivity contribution in [2.45, 2.75) is 58.2 Å². The Morgan fingerprint density at radius 1 is 0.923 bits per heavy atom. The molecule has 0 fully saturated rings. The lowest BCUT2D eigenvalue weighted by atomic mass is 10.0. The number of nitrogens with one attached hydrogen (secondary N) is 2. The fourth-order valence-corrected chi connectivity index (χ4v) is 4.96. The van der Waals surface area contributed by atoms with Crippen molar-refractivity contribution in [3.05, 3.63) is 119 Å². The molecule has 3 aromatic carbocycles. The number of hydrogen-bond donors (Lipinski definition) is 3. The zero-order valence-electron chi connectivity index (χ0n) is 22.6. The van der Waals surface area contributed by atoms with Crippen molar-refractivity contribution in [2.75, 3.05) is 0 Å². The van der Waals surface area contributed by atoms with E-state index < -0.39 is 12.1 Å². The maximum atomic E-state index is 12.9. The molecule has 5 rings (SSSR count). The topological polar surface area (TPSA) is 102 Å². The average Bonchev–Trinajstić information content (AvgIpc) is 3.56. The van der Waals surface area contributed by atoms with E-state index in [1.165, 1.54) is 16.7 Å². The van der Waals surface area contributed by atoms with Crippen molar-refractivity contribution in [1.29, 1.82) is 0 Å². The van der Waals surface area contributed by atoms with Crippen molar-refractivity contribution in [3.63, 3.8) is 0 Å². The molecule has 0 radical (unpaired) electrons. The molecule has 2 aromatic heterocycles. The summed E-state index contributed by atoms with van der Waals surface area (Å²) < 4.78 is 2.17. The van der Waals surface area contributed by atoms with E-state index in [1.54, 1.807) is 6.92 Å². The summed E-state index contributed by atoms with van der Waals surface area (Å²) in [5, 5.41) is 13.6. The largest absolute Gasteiger partial charge is 0.361 e. The summed E-state index contributed by atoms with van der Waals surface area (Å²) in [6.07, 6.45) is 5.17. The predicted molar refractivity (Wildman–Crippen MR) is 155 cm³/mol. The summed E-state index contributed by atoms with van der Waals surface area (Å²) in [4.78, 5) is 16.2. The van der Waals surface area contributed by atoms with Crippen molar-refractivity contribution >= 4 is 16.8 Å². The van der Waals surface area contributed by atoms with Crippen LogP contribution in [-0.2, 0) is 37.0 Å². The second-order valence-electron chi connectivity index (χ2n) is 10.1. The van der Waals surface area contributed by atoms with Crippen LogP contribution in [0.25, 0.3) is 10.9 Å². The number of H-pyrrole nitrogens is 1. The van der Waals surface area contributed by atoms with Crippen LogP contribution in [0.3, 0.4) is 0 Å². The van der Waals surface area contributed by atoms with Gasteiger partial charge < -0.3 is 20.6 Å². The third-order valence-electron chi connectivity index (χ3n) is 7.25. The van der Waals surface area contributed by atoms with E-state index in [2.05, 4.69) is 92.7 Å². The van der Waals surface area contributed by atoms with Gasteiger partial charge in [0.25, 0.3) is 0 Å². The number of rotatable bonds is 11. The van der Waals surface area contributed by atoms with Gasteiger partial charge in [-0.25, -0.2) is 0 Å². The van der Waals surface area contributed by atoms with Crippen LogP contribution in [0.1, 0.15) is 53.8 Å². The van der Waals surface area contributed by atoms with Gasteiger partial charge in [0.1, 0.15) is 5.82 Å². The molecule has 0 unspecified atom stereocenters. The monoisotopic (exact) mass is 520 g/mol. The van der Waals surface area contributed by atoms with E-state index >= 15 is 0 Å². The van der Waals surface area contributed by atoms with Crippen molar-refractivity contribution in [1.82, 2.24) is 25.1 Å². The minimum Gasteiger partial charge on any atom is -0.361 e. The Morgan fingerprint density at radius 2 is 1.64 bits per heavy atom. The number of benzene rings is 3. The number of fused-ring (bicyclic) bond motifs is 1. The summed E-state index contributed by atoms with van der Waals surface area (Å²) in [6.45, 7) is 4.48. The van der Waals surface area contributed by atoms with Crippen molar-refractivity contribution < 1.29 is 4.79 Å². The average molecular weight is 521 g/mol. The minimum atomic E-state index is -0.633. The van der Waals surface area contributed by atoms with Gasteiger partial charge in [0, 0.05) is 29.9 Å². The lowest BCUT2D eigenvalue weighted by Crippen LogP contribution is -2.41. The number of aromatic nitrogens is 4. The molecule has 0 saturated carbocycles. The Hall–Kier alpha value is -4.23. The number of nitrogens with zero attached hydrogens (tertiary/aromatic N) is 3. The van der Waals surface area contributed by atoms with Crippen LogP contribution in [0.5, 0.6) is 0 Å². The fourth-order valence-electron chi connectivity index (χ4n) is 4.96. The van der Waals surface area contributed by atoms with E-state index in [0.29, 0.717) is 13.0 Å². The van der Waals surface area contributed by atoms with Gasteiger partial charge in [0.05, 0.1) is 18.6 Å². The minimum absolute atomic E-state index is 0.215. The molecular weight excluding hydrogens is 484 g/mol. The second kappa shape index (κ2) is 12.1. The SMILES string of the molecule is CCc1ccc(Cn2c(CCc3ccccc3)nnc2[C@@H](Cc2c[nH]c3ccccc23)NC(=O)[C@H](C)N)cc1. The highest BCUT2D eigenvalue weighted by atomic mass is 16.2. The molecule has 1 amide bonds. The first kappa shape index (κ1) is 26.4. The van der Waals surface area contributed by atoms with Gasteiger partial charge in [-0.2, -0.15) is 0 Å². The summed E-state index contributed by atoms with van der Waals surface area (Å²) in [7, 11) is 0. The van der Waals surface area contributed by atoms with Crippen molar-refractivity contribution in [3.8, 4) is 0 Å². The second-order valence-corrected chi connectivity index (χ2v) is 10.1. The Kier molecular flexibility index (Phi) is 8.18. The first-order valence-corrected chi connectivity index (χ1v) is 13.7. The highest BCUT2D eigenvalue weighted by Gasteiger charge is 2.26. The molecule has 7 nitrogen and oxygen atoms in total. The van der Waals surface area contributed by atoms with Gasteiger partial charge in [0.15, 0.2) is 5.82 Å². The van der Waals surface area contributed by atoms with E-state index in [0.717, 1.165) is 47.4 Å². The molecule has 2 heterocycles. The highest BCUT2D eigenvalue weighted by molar-refractivity contribution is 5.84. The van der Waals surface area contributed by atoms with E-state index in [4.69, 9.17) is 5.73 Å². The van der Waals surface area contributed by atoms with Crippen LogP contribution in [0.15, 0.2) is 85.1 Å². The van der Waals surface area contributed by atoms with Crippen molar-refractivity contribution in [2.24, 2.45) is 5.73 Å². The maximum Gasteiger partial charge on any atom is 0.237 e. The molecule has 0 aliphatic rings. The molecule has 0 aliphatic heterocycles. The lowest BCUT2D eigenvalue weighted by molar-refractivity contribution is -0.122. The normalized spacial score (nSPS) is 12.9. The Morgan fingerprint density at radius 3 is 2.38 bits per heavy atom. The first-order chi connectivity index (χ1) is 19.0. The molecule has 2 atom stereocenters. The molecule has 0 bridgehead atoms. The van der Waals surface area contributed by atoms with Gasteiger partial charge in [0.2, 0.25) is 5.91 Å². The fraction of sp³-hybridized carbons (Fsp3) is 0.281. The van der Waals surface area contributed by atoms with Crippen LogP contribution in [0.4, 0.5) is 0 Å². The van der Waals surface area contributed by atoms with Gasteiger partial charge in [-0.3, -0.25) is 4.79 Å². The zero-order chi connectivity index (χ0) is 27.2. The van der Waals surface area contributed by atoms with E-state index in [9.17, 15) is 4.79 Å². The number of aryl methyl sites for hydroxylation is 3. The molecule has 5 aromatic rings. The third kappa shape index (κ3) is 6.26. The standard InChI is InChI=1S/C32H36N6O/c1-3-23-13-15-25(16-14-23)21-38-30(18-17-24-9-5-4-6-10-24)36-37-31(38)29(35-32(39)22(2)33)19-26-20-34-28-12-8-7-11-27(26)28/h4-16,20,22,29,34H,3,17-19,21,33H2,1-2H3,(H,35,39)/t22-,29+/m0/s1. The molecule has 7 heteroatoms. The number of amides is 1. The number of nitrogens with two attached hydrogens (primary N) is 1. The third-order valence-corrected chi connectivity index (χ3v) is 7.25. The quantitative estimate of drug-likeness (QED) is 0.230. The number of para-hydroxylation sites is 1. The van der Waals surface area contributed by atoms with Gasteiger partial charge >= 0.3 is 0 Å². The van der Waals surface area contributed by atoms with Crippen LogP contribution >= 0.6 is 0 Å². The van der Waals surface area contributed by atoms with Crippen LogP contribution in [0.2, 0.25) is 0 Å². The summed E-state index contributed by atoms with van der Waals surface area (Å²) in [5.41, 5.74) is 11.9. The molecule has 200 valence electrons. The predicted octanol–water partition coefficient (Wildman–Crippen LogP) is 4.90. The number of hydrogen-bond acceptors (Lipinski definition) is 4. The number of carbonyl (C=O) groups is 1. The maximum absolute atomic E-state index is 12.9. The Bertz CT molecular complexity index is 1520. The zero-order valence-corrected chi connectivity index (χ0v) is 22.6. The molecule has 0 aliphatic carbocycles. The van der Waals surface area contributed by atoms with Gasteiger partial charge in [-0.1, -0.05) is 79.7 Å². The smallest absolute Gasteiger partial charge is 0.237 e. The summed E-state index contributed by atoms with van der Waals surface area (Å²) in [6, 6.07) is 26.2. The van der Waals surface area contributed by atoms with Gasteiger partial charge in [-0.05, 0) is 48.1 Å². The van der Waals surface area contributed by atoms with Gasteiger partial charge in [-0.15, -0.1) is 10.2 Å². The number of carbonyl (C=O) groups excluding carboxylic acids is 1. The Labute approximate surface area is 229 Å². The molecular formula is C32H36N6O. The lowest BCUT2D eigenvalue weighted by Gasteiger charge is -2.21.